The predicted octanol–water partition coefficient (Wildman–Crippen LogP) is 3.21. The van der Waals surface area contributed by atoms with Crippen LogP contribution in [0.1, 0.15) is 18.3 Å². The van der Waals surface area contributed by atoms with Crippen LogP contribution in [0.3, 0.4) is 0 Å². The highest BCUT2D eigenvalue weighted by Crippen LogP contribution is 2.21. The number of nitrogens with one attached hydrogen (secondary N) is 1. The predicted molar refractivity (Wildman–Crippen MR) is 101 cm³/mol. The Labute approximate surface area is 151 Å². The number of hydrogen-bond acceptors (Lipinski definition) is 6. The summed E-state index contributed by atoms with van der Waals surface area (Å²) in [5.74, 6) is 8.44. The van der Waals surface area contributed by atoms with Gasteiger partial charge in [-0.25, -0.2) is 10.1 Å². The number of ether oxygens (including phenoxy) is 1. The lowest BCUT2D eigenvalue weighted by Gasteiger charge is -2.05. The highest BCUT2D eigenvalue weighted by molar-refractivity contribution is 5.85. The van der Waals surface area contributed by atoms with Gasteiger partial charge in [0.25, 0.3) is 5.95 Å². The number of hydrogen-bond donors (Lipinski definition) is 2. The van der Waals surface area contributed by atoms with Gasteiger partial charge in [-0.1, -0.05) is 37.3 Å². The highest BCUT2D eigenvalue weighted by atomic mass is 35.5. The van der Waals surface area contributed by atoms with Gasteiger partial charge in [-0.05, 0) is 29.8 Å². The summed E-state index contributed by atoms with van der Waals surface area (Å²) in [5, 5.41) is 12.0. The van der Waals surface area contributed by atoms with Crippen LogP contribution >= 0.6 is 12.4 Å². The van der Waals surface area contributed by atoms with Crippen molar-refractivity contribution in [2.24, 2.45) is 5.10 Å². The van der Waals surface area contributed by atoms with E-state index >= 15 is 0 Å². The summed E-state index contributed by atoms with van der Waals surface area (Å²) in [4.78, 5) is 0. The molecule has 0 saturated carbocycles. The average molecular weight is 359 g/mol. The number of rotatable bonds is 6. The summed E-state index contributed by atoms with van der Waals surface area (Å²) in [5.41, 5.74) is 3.66. The Bertz CT molecular complexity index is 834. The van der Waals surface area contributed by atoms with Gasteiger partial charge >= 0.3 is 0 Å². The molecule has 8 heteroatoms. The summed E-state index contributed by atoms with van der Waals surface area (Å²) >= 11 is 0. The zero-order chi connectivity index (χ0) is 16.8. The summed E-state index contributed by atoms with van der Waals surface area (Å²) in [6.07, 6.45) is 2.37. The van der Waals surface area contributed by atoms with Gasteiger partial charge in [0.2, 0.25) is 0 Å². The smallest absolute Gasteiger partial charge is 0.263 e. The molecule has 0 atom stereocenters. The van der Waals surface area contributed by atoms with E-state index in [-0.39, 0.29) is 12.4 Å². The second-order valence-electron chi connectivity index (χ2n) is 5.02. The maximum Gasteiger partial charge on any atom is 0.263 e. The molecule has 25 heavy (non-hydrogen) atoms. The van der Waals surface area contributed by atoms with E-state index in [0.717, 1.165) is 17.1 Å². The van der Waals surface area contributed by atoms with Crippen LogP contribution in [0.5, 0.6) is 11.5 Å². The first-order chi connectivity index (χ1) is 11.8. The summed E-state index contributed by atoms with van der Waals surface area (Å²) in [7, 11) is 0. The van der Waals surface area contributed by atoms with Crippen molar-refractivity contribution in [3.8, 4) is 11.5 Å². The standard InChI is InChI=1S/C17H18N6O.ClH/c1-2-16-20-22-17(23(16)18)21-19-12-13-7-6-10-15(11-13)24-14-8-4-3-5-9-14;/h3-12H,2,18H2,1H3,(H,21,22);1H/b19-12-;. The van der Waals surface area contributed by atoms with Crippen molar-refractivity contribution in [3.05, 3.63) is 66.0 Å². The summed E-state index contributed by atoms with van der Waals surface area (Å²) in [6.45, 7) is 1.96. The number of nitrogens with two attached hydrogens (primary N) is 1. The molecule has 7 nitrogen and oxygen atoms in total. The molecule has 0 spiro atoms. The van der Waals surface area contributed by atoms with Crippen molar-refractivity contribution in [2.75, 3.05) is 11.3 Å². The van der Waals surface area contributed by atoms with Crippen LogP contribution in [0.2, 0.25) is 0 Å². The number of aromatic nitrogens is 3. The van der Waals surface area contributed by atoms with Gasteiger partial charge < -0.3 is 10.6 Å². The maximum absolute atomic E-state index is 5.84. The lowest BCUT2D eigenvalue weighted by molar-refractivity contribution is 0.482. The molecule has 0 fully saturated rings. The summed E-state index contributed by atoms with van der Waals surface area (Å²) in [6, 6.07) is 17.2. The van der Waals surface area contributed by atoms with Crippen molar-refractivity contribution in [2.45, 2.75) is 13.3 Å². The Morgan fingerprint density at radius 2 is 1.88 bits per heavy atom. The van der Waals surface area contributed by atoms with Gasteiger partial charge in [0.05, 0.1) is 6.21 Å². The molecule has 0 saturated heterocycles. The lowest BCUT2D eigenvalue weighted by Crippen LogP contribution is -2.14. The minimum atomic E-state index is 0. The average Bonchev–Trinajstić information content (AvgIpc) is 2.96. The van der Waals surface area contributed by atoms with Gasteiger partial charge in [-0.3, -0.25) is 0 Å². The van der Waals surface area contributed by atoms with Crippen molar-refractivity contribution >= 4 is 24.6 Å². The molecule has 0 radical (unpaired) electrons. The third kappa shape index (κ3) is 4.71. The molecule has 3 aromatic rings. The van der Waals surface area contributed by atoms with Crippen LogP contribution in [0.4, 0.5) is 5.95 Å². The first-order valence-corrected chi connectivity index (χ1v) is 7.57. The SMILES string of the molecule is CCc1nnc(N/N=C\c2cccc(Oc3ccccc3)c2)n1N.Cl. The monoisotopic (exact) mass is 358 g/mol. The van der Waals surface area contributed by atoms with Crippen LogP contribution < -0.4 is 16.0 Å². The minimum Gasteiger partial charge on any atom is -0.457 e. The zero-order valence-electron chi connectivity index (χ0n) is 13.7. The van der Waals surface area contributed by atoms with E-state index < -0.39 is 0 Å². The van der Waals surface area contributed by atoms with Crippen molar-refractivity contribution in [1.82, 2.24) is 14.9 Å². The third-order valence-corrected chi connectivity index (χ3v) is 3.30. The first kappa shape index (κ1) is 18.3. The lowest BCUT2D eigenvalue weighted by atomic mass is 10.2. The Hall–Kier alpha value is -3.06. The topological polar surface area (TPSA) is 90.4 Å². The van der Waals surface area contributed by atoms with Gasteiger partial charge in [-0.2, -0.15) is 5.10 Å². The molecule has 0 unspecified atom stereocenters. The molecule has 0 amide bonds. The molecule has 0 aliphatic rings. The van der Waals surface area contributed by atoms with E-state index in [4.69, 9.17) is 10.6 Å². The Morgan fingerprint density at radius 3 is 2.60 bits per heavy atom. The number of halogens is 1. The molecule has 1 heterocycles. The molecule has 0 aliphatic heterocycles. The summed E-state index contributed by atoms with van der Waals surface area (Å²) < 4.78 is 7.17. The fraction of sp³-hybridized carbons (Fsp3) is 0.118. The first-order valence-electron chi connectivity index (χ1n) is 7.57. The second-order valence-corrected chi connectivity index (χ2v) is 5.02. The fourth-order valence-corrected chi connectivity index (χ4v) is 2.09. The number of hydrazone groups is 1. The molecule has 2 aromatic carbocycles. The number of para-hydroxylation sites is 1. The van der Waals surface area contributed by atoms with Crippen LogP contribution in [0.25, 0.3) is 0 Å². The van der Waals surface area contributed by atoms with E-state index in [1.807, 2.05) is 61.5 Å². The van der Waals surface area contributed by atoms with E-state index in [9.17, 15) is 0 Å². The van der Waals surface area contributed by atoms with Gasteiger partial charge in [0.15, 0.2) is 5.82 Å². The molecule has 3 rings (SSSR count). The molecule has 3 N–H and O–H groups in total. The normalized spacial score (nSPS) is 10.4. The molecule has 0 aliphatic carbocycles. The van der Waals surface area contributed by atoms with Gasteiger partial charge in [0.1, 0.15) is 11.5 Å². The van der Waals surface area contributed by atoms with Crippen LogP contribution in [0, 0.1) is 0 Å². The van der Waals surface area contributed by atoms with Crippen molar-refractivity contribution in [3.63, 3.8) is 0 Å². The number of aryl methyl sites for hydroxylation is 1. The molecule has 1 aromatic heterocycles. The van der Waals surface area contributed by atoms with E-state index in [1.165, 1.54) is 4.68 Å². The van der Waals surface area contributed by atoms with Crippen molar-refractivity contribution < 1.29 is 4.74 Å². The Kier molecular flexibility index (Phi) is 6.36. The molecule has 0 bridgehead atoms. The minimum absolute atomic E-state index is 0. The number of benzene rings is 2. The molecule has 130 valence electrons. The highest BCUT2D eigenvalue weighted by Gasteiger charge is 2.05. The fourth-order valence-electron chi connectivity index (χ4n) is 2.09. The quantitative estimate of drug-likeness (QED) is 0.401. The Morgan fingerprint density at radius 1 is 1.12 bits per heavy atom. The Balaban J connectivity index is 0.00000225. The van der Waals surface area contributed by atoms with Crippen molar-refractivity contribution in [1.29, 1.82) is 0 Å². The second kappa shape index (κ2) is 8.70. The molecular formula is C17H19ClN6O. The van der Waals surface area contributed by atoms with Crippen LogP contribution in [-0.2, 0) is 6.42 Å². The zero-order valence-corrected chi connectivity index (χ0v) is 14.5. The van der Waals surface area contributed by atoms with Gasteiger partial charge in [-0.15, -0.1) is 22.6 Å². The number of nitrogen functional groups attached to an aromatic ring is 1. The van der Waals surface area contributed by atoms with Crippen LogP contribution in [-0.4, -0.2) is 21.1 Å². The largest absolute Gasteiger partial charge is 0.457 e. The number of anilines is 1. The molecular weight excluding hydrogens is 340 g/mol. The van der Waals surface area contributed by atoms with Gasteiger partial charge in [0, 0.05) is 6.42 Å². The number of nitrogens with zero attached hydrogens (tertiary/aromatic N) is 4. The van der Waals surface area contributed by atoms with Crippen LogP contribution in [0.15, 0.2) is 59.7 Å². The van der Waals surface area contributed by atoms with E-state index in [2.05, 4.69) is 20.7 Å². The van der Waals surface area contributed by atoms with E-state index in [0.29, 0.717) is 18.2 Å². The third-order valence-electron chi connectivity index (χ3n) is 3.30. The maximum atomic E-state index is 5.84. The van der Waals surface area contributed by atoms with E-state index in [1.54, 1.807) is 6.21 Å².